The molecule has 0 atom stereocenters. The number of nitrogens with one attached hydrogen (secondary N) is 1. The highest BCUT2D eigenvalue weighted by atomic mass is 32.2. The first-order valence-electron chi connectivity index (χ1n) is 9.41. The van der Waals surface area contributed by atoms with Gasteiger partial charge in [-0.15, -0.1) is 0 Å². The Bertz CT molecular complexity index is 826. The number of rotatable bonds is 3. The fourth-order valence-corrected chi connectivity index (χ4v) is 6.40. The van der Waals surface area contributed by atoms with Gasteiger partial charge in [-0.1, -0.05) is 0 Å². The molecule has 2 heterocycles. The Labute approximate surface area is 155 Å². The first kappa shape index (κ1) is 17.8. The summed E-state index contributed by atoms with van der Waals surface area (Å²) in [7, 11) is -1.88. The van der Waals surface area contributed by atoms with E-state index in [0.717, 1.165) is 55.4 Å². The van der Waals surface area contributed by atoms with E-state index in [-0.39, 0.29) is 11.3 Å². The molecule has 0 saturated carbocycles. The van der Waals surface area contributed by atoms with Crippen LogP contribution in [-0.4, -0.2) is 45.4 Å². The molecule has 3 aliphatic rings. The van der Waals surface area contributed by atoms with Crippen molar-refractivity contribution in [1.82, 2.24) is 9.62 Å². The Morgan fingerprint density at radius 2 is 1.81 bits per heavy atom. The van der Waals surface area contributed by atoms with E-state index in [9.17, 15) is 13.2 Å². The molecule has 1 amide bonds. The van der Waals surface area contributed by atoms with Crippen molar-refractivity contribution >= 4 is 15.9 Å². The molecule has 1 aromatic rings. The zero-order valence-corrected chi connectivity index (χ0v) is 16.0. The Kier molecular flexibility index (Phi) is 4.47. The van der Waals surface area contributed by atoms with Crippen molar-refractivity contribution in [2.75, 3.05) is 26.7 Å². The summed E-state index contributed by atoms with van der Waals surface area (Å²) in [6.07, 6.45) is 5.75. The van der Waals surface area contributed by atoms with Crippen LogP contribution in [0.3, 0.4) is 0 Å². The highest BCUT2D eigenvalue weighted by molar-refractivity contribution is 7.89. The van der Waals surface area contributed by atoms with Gasteiger partial charge in [-0.2, -0.15) is 4.31 Å². The summed E-state index contributed by atoms with van der Waals surface area (Å²) in [6, 6.07) is 3.51. The van der Waals surface area contributed by atoms with Crippen LogP contribution < -0.4 is 10.1 Å². The average Bonchev–Trinajstić information content (AvgIpc) is 3.01. The second kappa shape index (κ2) is 6.53. The maximum atomic E-state index is 13.3. The van der Waals surface area contributed by atoms with E-state index in [1.807, 2.05) is 0 Å². The number of nitrogens with zero attached hydrogens (tertiary/aromatic N) is 1. The van der Waals surface area contributed by atoms with Crippen LogP contribution in [-0.2, 0) is 27.7 Å². The highest BCUT2D eigenvalue weighted by Gasteiger charge is 2.43. The molecule has 142 valence electrons. The maximum Gasteiger partial charge on any atom is 0.243 e. The quantitative estimate of drug-likeness (QED) is 0.871. The lowest BCUT2D eigenvalue weighted by Gasteiger charge is -2.38. The topological polar surface area (TPSA) is 75.7 Å². The Morgan fingerprint density at radius 1 is 1.12 bits per heavy atom. The van der Waals surface area contributed by atoms with Gasteiger partial charge in [0.1, 0.15) is 5.75 Å². The Morgan fingerprint density at radius 3 is 2.42 bits per heavy atom. The van der Waals surface area contributed by atoms with Crippen molar-refractivity contribution in [1.29, 1.82) is 0 Å². The molecule has 2 fully saturated rings. The second-order valence-corrected chi connectivity index (χ2v) is 9.69. The smallest absolute Gasteiger partial charge is 0.243 e. The van der Waals surface area contributed by atoms with Gasteiger partial charge >= 0.3 is 0 Å². The van der Waals surface area contributed by atoms with Gasteiger partial charge in [0.2, 0.25) is 15.9 Å². The summed E-state index contributed by atoms with van der Waals surface area (Å²) in [5, 5.41) is 2.90. The number of carbonyl (C=O) groups excluding carboxylic acids is 1. The van der Waals surface area contributed by atoms with Crippen molar-refractivity contribution in [3.8, 4) is 5.75 Å². The molecule has 1 spiro atoms. The van der Waals surface area contributed by atoms with Gasteiger partial charge in [-0.25, -0.2) is 8.42 Å². The molecule has 2 aliphatic heterocycles. The minimum absolute atomic E-state index is 0.0531. The summed E-state index contributed by atoms with van der Waals surface area (Å²) in [4.78, 5) is 12.0. The third kappa shape index (κ3) is 2.91. The van der Waals surface area contributed by atoms with Crippen molar-refractivity contribution in [2.24, 2.45) is 5.41 Å². The minimum Gasteiger partial charge on any atom is -0.496 e. The molecule has 2 saturated heterocycles. The molecular weight excluding hydrogens is 352 g/mol. The predicted octanol–water partition coefficient (Wildman–Crippen LogP) is 1.86. The Balaban J connectivity index is 1.61. The number of carbonyl (C=O) groups is 1. The van der Waals surface area contributed by atoms with Crippen molar-refractivity contribution in [3.63, 3.8) is 0 Å². The summed E-state index contributed by atoms with van der Waals surface area (Å²) in [5.74, 6) is 0.886. The third-order valence-corrected chi connectivity index (χ3v) is 8.25. The van der Waals surface area contributed by atoms with Crippen LogP contribution >= 0.6 is 0 Å². The molecular formula is C19H26N2O4S. The largest absolute Gasteiger partial charge is 0.496 e. The maximum absolute atomic E-state index is 13.3. The highest BCUT2D eigenvalue weighted by Crippen LogP contribution is 2.40. The summed E-state index contributed by atoms with van der Waals surface area (Å²) in [6.45, 7) is 1.65. The third-order valence-electron chi connectivity index (χ3n) is 6.27. The van der Waals surface area contributed by atoms with Gasteiger partial charge in [-0.05, 0) is 67.2 Å². The lowest BCUT2D eigenvalue weighted by molar-refractivity contribution is -0.119. The number of methoxy groups -OCH3 is 1. The lowest BCUT2D eigenvalue weighted by atomic mass is 9.78. The molecule has 0 unspecified atom stereocenters. The first-order chi connectivity index (χ1) is 12.5. The zero-order chi connectivity index (χ0) is 18.4. The molecule has 6 nitrogen and oxygen atoms in total. The van der Waals surface area contributed by atoms with Crippen LogP contribution in [0.5, 0.6) is 5.75 Å². The van der Waals surface area contributed by atoms with Crippen molar-refractivity contribution in [2.45, 2.75) is 49.8 Å². The SMILES string of the molecule is COc1ccc(S(=O)(=O)N2CCC3(CC2)CNC(=O)C3)c2c1CCCC2. The van der Waals surface area contributed by atoms with E-state index in [0.29, 0.717) is 31.0 Å². The molecule has 0 bridgehead atoms. The van der Waals surface area contributed by atoms with E-state index in [1.54, 1.807) is 23.5 Å². The normalized spacial score (nSPS) is 22.9. The molecule has 4 rings (SSSR count). The van der Waals surface area contributed by atoms with Crippen LogP contribution in [0.15, 0.2) is 17.0 Å². The van der Waals surface area contributed by atoms with Crippen molar-refractivity contribution < 1.29 is 17.9 Å². The zero-order valence-electron chi connectivity index (χ0n) is 15.2. The number of piperidine rings is 1. The van der Waals surface area contributed by atoms with E-state index >= 15 is 0 Å². The van der Waals surface area contributed by atoms with Gasteiger partial charge in [0.25, 0.3) is 0 Å². The van der Waals surface area contributed by atoms with Crippen LogP contribution in [0.1, 0.15) is 43.2 Å². The predicted molar refractivity (Wildman–Crippen MR) is 97.7 cm³/mol. The number of ether oxygens (including phenoxy) is 1. The standard InChI is InChI=1S/C19H26N2O4S/c1-25-16-6-7-17(15-5-3-2-4-14(15)16)26(23,24)21-10-8-19(9-11-21)12-18(22)20-13-19/h6-7H,2-5,8-13H2,1H3,(H,20,22). The summed E-state index contributed by atoms with van der Waals surface area (Å²) < 4.78 is 33.7. The molecule has 1 aromatic carbocycles. The van der Waals surface area contributed by atoms with E-state index in [1.165, 1.54) is 0 Å². The number of hydrogen-bond acceptors (Lipinski definition) is 4. The van der Waals surface area contributed by atoms with E-state index < -0.39 is 10.0 Å². The Hall–Kier alpha value is -1.60. The minimum atomic E-state index is -3.52. The van der Waals surface area contributed by atoms with Gasteiger partial charge < -0.3 is 10.1 Å². The van der Waals surface area contributed by atoms with E-state index in [4.69, 9.17) is 4.74 Å². The molecule has 7 heteroatoms. The van der Waals surface area contributed by atoms with Crippen LogP contribution in [0.25, 0.3) is 0 Å². The molecule has 1 N–H and O–H groups in total. The van der Waals surface area contributed by atoms with Gasteiger partial charge in [0.15, 0.2) is 0 Å². The van der Waals surface area contributed by atoms with Crippen LogP contribution in [0.4, 0.5) is 0 Å². The van der Waals surface area contributed by atoms with Crippen LogP contribution in [0, 0.1) is 5.41 Å². The lowest BCUT2D eigenvalue weighted by Crippen LogP contribution is -2.44. The number of sulfonamides is 1. The van der Waals surface area contributed by atoms with E-state index in [2.05, 4.69) is 5.32 Å². The number of fused-ring (bicyclic) bond motifs is 1. The fraction of sp³-hybridized carbons (Fsp3) is 0.632. The second-order valence-electron chi connectivity index (χ2n) is 7.79. The fourth-order valence-electron chi connectivity index (χ4n) is 4.68. The molecule has 1 aliphatic carbocycles. The van der Waals surface area contributed by atoms with Gasteiger partial charge in [0, 0.05) is 26.1 Å². The number of amides is 1. The first-order valence-corrected chi connectivity index (χ1v) is 10.8. The molecule has 0 radical (unpaired) electrons. The van der Waals surface area contributed by atoms with Gasteiger partial charge in [0.05, 0.1) is 12.0 Å². The van der Waals surface area contributed by atoms with Crippen molar-refractivity contribution in [3.05, 3.63) is 23.3 Å². The average molecular weight is 378 g/mol. The van der Waals surface area contributed by atoms with Gasteiger partial charge in [-0.3, -0.25) is 4.79 Å². The molecule has 26 heavy (non-hydrogen) atoms. The summed E-state index contributed by atoms with van der Waals surface area (Å²) in [5.41, 5.74) is 1.94. The van der Waals surface area contributed by atoms with Crippen LogP contribution in [0.2, 0.25) is 0 Å². The number of hydrogen-bond donors (Lipinski definition) is 1. The molecule has 0 aromatic heterocycles. The number of benzene rings is 1. The summed E-state index contributed by atoms with van der Waals surface area (Å²) >= 11 is 0. The monoisotopic (exact) mass is 378 g/mol.